The van der Waals surface area contributed by atoms with Crippen LogP contribution in [0.4, 0.5) is 0 Å². The van der Waals surface area contributed by atoms with Gasteiger partial charge in [-0.25, -0.2) is 0 Å². The third kappa shape index (κ3) is 2.63. The van der Waals surface area contributed by atoms with Crippen LogP contribution in [0.3, 0.4) is 0 Å². The maximum atomic E-state index is 5.63. The van der Waals surface area contributed by atoms with Gasteiger partial charge in [0.25, 0.3) is 0 Å². The zero-order chi connectivity index (χ0) is 13.1. The SMILES string of the molecule is CCOc1cccc(C2(CC3CCNC3)COC2)c1. The van der Waals surface area contributed by atoms with E-state index < -0.39 is 0 Å². The molecule has 0 aromatic heterocycles. The van der Waals surface area contributed by atoms with Gasteiger partial charge in [-0.1, -0.05) is 12.1 Å². The van der Waals surface area contributed by atoms with Crippen molar-refractivity contribution in [1.82, 2.24) is 5.32 Å². The summed E-state index contributed by atoms with van der Waals surface area (Å²) >= 11 is 0. The normalized spacial score (nSPS) is 25.0. The van der Waals surface area contributed by atoms with Crippen molar-refractivity contribution in [3.63, 3.8) is 0 Å². The van der Waals surface area contributed by atoms with Crippen molar-refractivity contribution in [2.45, 2.75) is 25.2 Å². The van der Waals surface area contributed by atoms with Crippen molar-refractivity contribution in [2.24, 2.45) is 5.92 Å². The lowest BCUT2D eigenvalue weighted by atomic mass is 9.72. The summed E-state index contributed by atoms with van der Waals surface area (Å²) in [6.07, 6.45) is 2.53. The Morgan fingerprint density at radius 1 is 1.42 bits per heavy atom. The minimum Gasteiger partial charge on any atom is -0.494 e. The van der Waals surface area contributed by atoms with Crippen molar-refractivity contribution < 1.29 is 9.47 Å². The van der Waals surface area contributed by atoms with Crippen molar-refractivity contribution in [3.8, 4) is 5.75 Å². The molecule has 0 bridgehead atoms. The van der Waals surface area contributed by atoms with Crippen LogP contribution >= 0.6 is 0 Å². The van der Waals surface area contributed by atoms with E-state index in [1.54, 1.807) is 0 Å². The predicted molar refractivity (Wildman–Crippen MR) is 75.7 cm³/mol. The standard InChI is InChI=1S/C16H23NO2/c1-2-19-15-5-3-4-14(8-15)16(11-18-12-16)9-13-6-7-17-10-13/h3-5,8,13,17H,2,6-7,9-12H2,1H3. The molecule has 1 N–H and O–H groups in total. The van der Waals surface area contributed by atoms with E-state index in [9.17, 15) is 0 Å². The van der Waals surface area contributed by atoms with Crippen LogP contribution in [0, 0.1) is 5.92 Å². The number of ether oxygens (including phenoxy) is 2. The number of rotatable bonds is 5. The molecule has 2 saturated heterocycles. The third-order valence-corrected chi connectivity index (χ3v) is 4.36. The van der Waals surface area contributed by atoms with Gasteiger partial charge in [-0.05, 0) is 56.5 Å². The average molecular weight is 261 g/mol. The van der Waals surface area contributed by atoms with Crippen LogP contribution in [0.15, 0.2) is 24.3 Å². The van der Waals surface area contributed by atoms with Gasteiger partial charge < -0.3 is 14.8 Å². The molecule has 1 unspecified atom stereocenters. The van der Waals surface area contributed by atoms with Crippen LogP contribution in [0.2, 0.25) is 0 Å². The van der Waals surface area contributed by atoms with Gasteiger partial charge in [0.05, 0.1) is 19.8 Å². The van der Waals surface area contributed by atoms with Gasteiger partial charge in [-0.15, -0.1) is 0 Å². The fourth-order valence-corrected chi connectivity index (χ4v) is 3.27. The molecule has 3 rings (SSSR count). The number of benzene rings is 1. The van der Waals surface area contributed by atoms with Crippen LogP contribution in [0.5, 0.6) is 5.75 Å². The molecule has 2 heterocycles. The smallest absolute Gasteiger partial charge is 0.119 e. The maximum absolute atomic E-state index is 5.63. The molecule has 3 nitrogen and oxygen atoms in total. The van der Waals surface area contributed by atoms with Crippen molar-refractivity contribution in [2.75, 3.05) is 32.9 Å². The van der Waals surface area contributed by atoms with E-state index in [2.05, 4.69) is 23.5 Å². The molecule has 0 spiro atoms. The summed E-state index contributed by atoms with van der Waals surface area (Å²) in [6.45, 7) is 6.80. The zero-order valence-electron chi connectivity index (χ0n) is 11.7. The van der Waals surface area contributed by atoms with Crippen LogP contribution in [-0.4, -0.2) is 32.9 Å². The Morgan fingerprint density at radius 2 is 2.32 bits per heavy atom. The highest BCUT2D eigenvalue weighted by atomic mass is 16.5. The van der Waals surface area contributed by atoms with Crippen LogP contribution in [0.1, 0.15) is 25.3 Å². The van der Waals surface area contributed by atoms with Gasteiger partial charge in [0, 0.05) is 5.41 Å². The number of hydrogen-bond acceptors (Lipinski definition) is 3. The van der Waals surface area contributed by atoms with E-state index in [0.29, 0.717) is 0 Å². The Morgan fingerprint density at radius 3 is 2.95 bits per heavy atom. The second-order valence-electron chi connectivity index (χ2n) is 5.80. The molecular formula is C16H23NO2. The highest BCUT2D eigenvalue weighted by molar-refractivity contribution is 5.35. The highest BCUT2D eigenvalue weighted by Crippen LogP contribution is 2.40. The molecular weight excluding hydrogens is 238 g/mol. The van der Waals surface area contributed by atoms with Gasteiger partial charge in [0.2, 0.25) is 0 Å². The van der Waals surface area contributed by atoms with E-state index >= 15 is 0 Å². The van der Waals surface area contributed by atoms with Crippen molar-refractivity contribution in [1.29, 1.82) is 0 Å². The summed E-state index contributed by atoms with van der Waals surface area (Å²) in [5.41, 5.74) is 1.61. The molecule has 0 saturated carbocycles. The van der Waals surface area contributed by atoms with E-state index in [-0.39, 0.29) is 5.41 Å². The topological polar surface area (TPSA) is 30.5 Å². The molecule has 19 heavy (non-hydrogen) atoms. The first-order valence-corrected chi connectivity index (χ1v) is 7.34. The van der Waals surface area contributed by atoms with Gasteiger partial charge in [-0.2, -0.15) is 0 Å². The monoisotopic (exact) mass is 261 g/mol. The molecule has 1 aromatic rings. The quantitative estimate of drug-likeness (QED) is 0.882. The minimum absolute atomic E-state index is 0.226. The highest BCUT2D eigenvalue weighted by Gasteiger charge is 2.42. The number of hydrogen-bond donors (Lipinski definition) is 1. The van der Waals surface area contributed by atoms with E-state index in [1.165, 1.54) is 24.9 Å². The molecule has 3 heteroatoms. The molecule has 2 fully saturated rings. The molecule has 0 aliphatic carbocycles. The molecule has 104 valence electrons. The Labute approximate surface area is 115 Å². The molecule has 2 aliphatic heterocycles. The third-order valence-electron chi connectivity index (χ3n) is 4.36. The summed E-state index contributed by atoms with van der Waals surface area (Å²) < 4.78 is 11.2. The first-order chi connectivity index (χ1) is 9.32. The fraction of sp³-hybridized carbons (Fsp3) is 0.625. The second kappa shape index (κ2) is 5.51. The van der Waals surface area contributed by atoms with Crippen molar-refractivity contribution in [3.05, 3.63) is 29.8 Å². The summed E-state index contributed by atoms with van der Waals surface area (Å²) in [6, 6.07) is 8.58. The fourth-order valence-electron chi connectivity index (χ4n) is 3.27. The van der Waals surface area contributed by atoms with Gasteiger partial charge in [0.15, 0.2) is 0 Å². The molecule has 2 aliphatic rings. The van der Waals surface area contributed by atoms with Gasteiger partial charge in [0.1, 0.15) is 5.75 Å². The zero-order valence-corrected chi connectivity index (χ0v) is 11.7. The Hall–Kier alpha value is -1.06. The molecule has 0 amide bonds. The Bertz CT molecular complexity index is 423. The largest absolute Gasteiger partial charge is 0.494 e. The summed E-state index contributed by atoms with van der Waals surface area (Å²) in [7, 11) is 0. The van der Waals surface area contributed by atoms with E-state index in [4.69, 9.17) is 9.47 Å². The van der Waals surface area contributed by atoms with E-state index in [0.717, 1.165) is 38.0 Å². The molecule has 1 aromatic carbocycles. The lowest BCUT2D eigenvalue weighted by Crippen LogP contribution is -2.48. The van der Waals surface area contributed by atoms with Crippen LogP contribution < -0.4 is 10.1 Å². The summed E-state index contributed by atoms with van der Waals surface area (Å²) in [4.78, 5) is 0. The number of nitrogens with one attached hydrogen (secondary N) is 1. The maximum Gasteiger partial charge on any atom is 0.119 e. The molecule has 1 atom stereocenters. The van der Waals surface area contributed by atoms with E-state index in [1.807, 2.05) is 13.0 Å². The first-order valence-electron chi connectivity index (χ1n) is 7.34. The second-order valence-corrected chi connectivity index (χ2v) is 5.80. The summed E-state index contributed by atoms with van der Waals surface area (Å²) in [5.74, 6) is 1.77. The van der Waals surface area contributed by atoms with Crippen LogP contribution in [-0.2, 0) is 10.2 Å². The lowest BCUT2D eigenvalue weighted by molar-refractivity contribution is -0.0706. The van der Waals surface area contributed by atoms with Gasteiger partial charge in [-0.3, -0.25) is 0 Å². The Balaban J connectivity index is 1.78. The minimum atomic E-state index is 0.226. The lowest BCUT2D eigenvalue weighted by Gasteiger charge is -2.43. The van der Waals surface area contributed by atoms with Crippen molar-refractivity contribution >= 4 is 0 Å². The average Bonchev–Trinajstić information content (AvgIpc) is 2.87. The van der Waals surface area contributed by atoms with Gasteiger partial charge >= 0.3 is 0 Å². The van der Waals surface area contributed by atoms with Crippen LogP contribution in [0.25, 0.3) is 0 Å². The summed E-state index contributed by atoms with van der Waals surface area (Å²) in [5, 5.41) is 3.46. The first kappa shape index (κ1) is 12.9. The molecule has 0 radical (unpaired) electrons. The predicted octanol–water partition coefficient (Wildman–Crippen LogP) is 2.35. The Kier molecular flexibility index (Phi) is 3.76.